The first-order chi connectivity index (χ1) is 17.5. The minimum atomic E-state index is -0.799. The zero-order chi connectivity index (χ0) is 25.1. The molecule has 9 nitrogen and oxygen atoms in total. The monoisotopic (exact) mass is 486 g/mol. The fraction of sp³-hybridized carbons (Fsp3) is 0.296. The van der Waals surface area contributed by atoms with Gasteiger partial charge in [-0.1, -0.05) is 61.4 Å². The number of para-hydroxylation sites is 1. The number of likely N-dealkylation sites (tertiary alicyclic amines) is 1. The number of nitrogens with zero attached hydrogens (tertiary/aromatic N) is 3. The van der Waals surface area contributed by atoms with E-state index in [0.717, 1.165) is 29.0 Å². The Bertz CT molecular complexity index is 1260. The zero-order valence-corrected chi connectivity index (χ0v) is 19.6. The quantitative estimate of drug-likeness (QED) is 0.406. The van der Waals surface area contributed by atoms with Crippen molar-refractivity contribution >= 4 is 29.5 Å². The van der Waals surface area contributed by atoms with Crippen molar-refractivity contribution < 1.29 is 23.9 Å². The number of esters is 1. The van der Waals surface area contributed by atoms with E-state index >= 15 is 0 Å². The van der Waals surface area contributed by atoms with Crippen LogP contribution in [0, 0.1) is 11.8 Å². The largest absolute Gasteiger partial charge is 0.454 e. The van der Waals surface area contributed by atoms with Crippen LogP contribution in [0.1, 0.15) is 25.7 Å². The van der Waals surface area contributed by atoms with E-state index in [0.29, 0.717) is 24.4 Å². The Balaban J connectivity index is 1.23. The Hall–Kier alpha value is -4.27. The van der Waals surface area contributed by atoms with Crippen molar-refractivity contribution in [1.29, 1.82) is 0 Å². The van der Waals surface area contributed by atoms with Crippen molar-refractivity contribution in [3.05, 3.63) is 66.7 Å². The first-order valence-corrected chi connectivity index (χ1v) is 12.0. The van der Waals surface area contributed by atoms with Crippen LogP contribution in [0.5, 0.6) is 0 Å². The molecule has 184 valence electrons. The van der Waals surface area contributed by atoms with Crippen LogP contribution in [0.15, 0.2) is 66.7 Å². The van der Waals surface area contributed by atoms with Crippen LogP contribution in [0.2, 0.25) is 0 Å². The number of aromatic nitrogens is 2. The standard InChI is InChI=1S/C27H26N4O5/c32-24(17-36-25(33)16-30-26(34)20-13-7-8-14-21(20)27(30)35)28-23-15-22(18-9-3-1-4-10-18)29-31(23)19-11-5-2-6-12-19/h1-6,9-12,15,20-21H,7-8,13-14,16-17H2,(H,28,32). The summed E-state index contributed by atoms with van der Waals surface area (Å²) in [6, 6.07) is 20.6. The summed E-state index contributed by atoms with van der Waals surface area (Å²) in [5, 5.41) is 7.38. The molecule has 3 aromatic rings. The van der Waals surface area contributed by atoms with Crippen LogP contribution < -0.4 is 5.32 Å². The van der Waals surface area contributed by atoms with E-state index in [4.69, 9.17) is 4.74 Å². The fourth-order valence-electron chi connectivity index (χ4n) is 4.87. The Morgan fingerprint density at radius 3 is 2.17 bits per heavy atom. The van der Waals surface area contributed by atoms with E-state index in [1.165, 1.54) is 0 Å². The molecule has 1 aromatic heterocycles. The number of fused-ring (bicyclic) bond motifs is 1. The van der Waals surface area contributed by atoms with Gasteiger partial charge in [-0.15, -0.1) is 0 Å². The zero-order valence-electron chi connectivity index (χ0n) is 19.6. The number of amides is 3. The Morgan fingerprint density at radius 2 is 1.53 bits per heavy atom. The first kappa shape index (κ1) is 23.5. The maximum atomic E-state index is 12.6. The number of anilines is 1. The SMILES string of the molecule is O=C(COC(=O)CN1C(=O)C2CCCCC2C1=O)Nc1cc(-c2ccccc2)nn1-c1ccccc1. The van der Waals surface area contributed by atoms with Crippen molar-refractivity contribution in [3.8, 4) is 16.9 Å². The van der Waals surface area contributed by atoms with Gasteiger partial charge in [0.25, 0.3) is 5.91 Å². The molecule has 1 saturated heterocycles. The summed E-state index contributed by atoms with van der Waals surface area (Å²) in [4.78, 5) is 51.1. The molecule has 2 unspecified atom stereocenters. The maximum absolute atomic E-state index is 12.6. The average Bonchev–Trinajstić information content (AvgIpc) is 3.43. The lowest BCUT2D eigenvalue weighted by Crippen LogP contribution is -2.37. The maximum Gasteiger partial charge on any atom is 0.326 e. The second-order valence-corrected chi connectivity index (χ2v) is 9.00. The molecule has 1 aliphatic heterocycles. The molecule has 1 N–H and O–H groups in total. The van der Waals surface area contributed by atoms with Crippen LogP contribution in [0.25, 0.3) is 16.9 Å². The summed E-state index contributed by atoms with van der Waals surface area (Å²) in [5.74, 6) is -2.24. The first-order valence-electron chi connectivity index (χ1n) is 12.0. The highest BCUT2D eigenvalue weighted by Crippen LogP contribution is 2.37. The molecule has 2 atom stereocenters. The van der Waals surface area contributed by atoms with Crippen molar-refractivity contribution in [2.75, 3.05) is 18.5 Å². The molecule has 2 aromatic carbocycles. The van der Waals surface area contributed by atoms with Gasteiger partial charge in [-0.3, -0.25) is 24.1 Å². The van der Waals surface area contributed by atoms with Gasteiger partial charge in [-0.25, -0.2) is 4.68 Å². The van der Waals surface area contributed by atoms with Gasteiger partial charge < -0.3 is 10.1 Å². The predicted molar refractivity (Wildman–Crippen MR) is 131 cm³/mol. The highest BCUT2D eigenvalue weighted by Gasteiger charge is 2.48. The van der Waals surface area contributed by atoms with E-state index in [1.54, 1.807) is 10.7 Å². The number of carbonyl (C=O) groups is 4. The van der Waals surface area contributed by atoms with Gasteiger partial charge in [0, 0.05) is 11.6 Å². The van der Waals surface area contributed by atoms with E-state index in [9.17, 15) is 19.2 Å². The molecule has 0 spiro atoms. The third-order valence-electron chi connectivity index (χ3n) is 6.63. The summed E-state index contributed by atoms with van der Waals surface area (Å²) in [7, 11) is 0. The van der Waals surface area contributed by atoms with Crippen LogP contribution in [0.4, 0.5) is 5.82 Å². The normalized spacial score (nSPS) is 19.2. The third kappa shape index (κ3) is 4.77. The molecule has 36 heavy (non-hydrogen) atoms. The van der Waals surface area contributed by atoms with Gasteiger partial charge in [0.2, 0.25) is 11.8 Å². The van der Waals surface area contributed by atoms with Crippen molar-refractivity contribution in [2.45, 2.75) is 25.7 Å². The molecule has 0 radical (unpaired) electrons. The summed E-state index contributed by atoms with van der Waals surface area (Å²) >= 11 is 0. The molecule has 5 rings (SSSR count). The molecule has 9 heteroatoms. The van der Waals surface area contributed by atoms with Gasteiger partial charge in [0.15, 0.2) is 6.61 Å². The minimum absolute atomic E-state index is 0.314. The van der Waals surface area contributed by atoms with Gasteiger partial charge >= 0.3 is 5.97 Å². The summed E-state index contributed by atoms with van der Waals surface area (Å²) < 4.78 is 6.70. The van der Waals surface area contributed by atoms with Gasteiger partial charge in [-0.05, 0) is 25.0 Å². The Labute approximate surface area is 208 Å². The lowest BCUT2D eigenvalue weighted by molar-refractivity contribution is -0.154. The van der Waals surface area contributed by atoms with E-state index in [-0.39, 0.29) is 23.7 Å². The average molecular weight is 487 g/mol. The predicted octanol–water partition coefficient (Wildman–Crippen LogP) is 3.20. The third-order valence-corrected chi connectivity index (χ3v) is 6.63. The van der Waals surface area contributed by atoms with Crippen LogP contribution in [-0.4, -0.2) is 51.5 Å². The Morgan fingerprint density at radius 1 is 0.917 bits per heavy atom. The number of hydrogen-bond donors (Lipinski definition) is 1. The molecule has 1 saturated carbocycles. The summed E-state index contributed by atoms with van der Waals surface area (Å²) in [6.45, 7) is -1.03. The number of imide groups is 1. The molecule has 2 heterocycles. The molecule has 1 aliphatic carbocycles. The summed E-state index contributed by atoms with van der Waals surface area (Å²) in [6.07, 6.45) is 3.15. The Kier molecular flexibility index (Phi) is 6.62. The number of carbonyl (C=O) groups excluding carboxylic acids is 4. The minimum Gasteiger partial charge on any atom is -0.454 e. The molecule has 0 bridgehead atoms. The molecule has 3 amide bonds. The molecular formula is C27H26N4O5. The lowest BCUT2D eigenvalue weighted by atomic mass is 9.81. The second kappa shape index (κ2) is 10.2. The van der Waals surface area contributed by atoms with Crippen LogP contribution in [0.3, 0.4) is 0 Å². The van der Waals surface area contributed by atoms with Crippen LogP contribution in [-0.2, 0) is 23.9 Å². The number of hydrogen-bond acceptors (Lipinski definition) is 6. The number of ether oxygens (including phenoxy) is 1. The van der Waals surface area contributed by atoms with Crippen LogP contribution >= 0.6 is 0 Å². The van der Waals surface area contributed by atoms with E-state index in [1.807, 2.05) is 60.7 Å². The highest BCUT2D eigenvalue weighted by atomic mass is 16.5. The highest BCUT2D eigenvalue weighted by molar-refractivity contribution is 6.07. The topological polar surface area (TPSA) is 111 Å². The lowest BCUT2D eigenvalue weighted by Gasteiger charge is -2.19. The molecular weight excluding hydrogens is 460 g/mol. The van der Waals surface area contributed by atoms with Crippen molar-refractivity contribution in [1.82, 2.24) is 14.7 Å². The van der Waals surface area contributed by atoms with Gasteiger partial charge in [0.05, 0.1) is 23.2 Å². The van der Waals surface area contributed by atoms with Gasteiger partial charge in [0.1, 0.15) is 12.4 Å². The van der Waals surface area contributed by atoms with E-state index < -0.39 is 25.0 Å². The van der Waals surface area contributed by atoms with E-state index in [2.05, 4.69) is 10.4 Å². The number of rotatable bonds is 7. The van der Waals surface area contributed by atoms with Crippen molar-refractivity contribution in [2.24, 2.45) is 11.8 Å². The molecule has 2 fully saturated rings. The summed E-state index contributed by atoms with van der Waals surface area (Å²) in [5.41, 5.74) is 2.30. The fourth-order valence-corrected chi connectivity index (χ4v) is 4.87. The second-order valence-electron chi connectivity index (χ2n) is 9.00. The number of benzene rings is 2. The molecule has 2 aliphatic rings. The van der Waals surface area contributed by atoms with Crippen molar-refractivity contribution in [3.63, 3.8) is 0 Å². The van der Waals surface area contributed by atoms with Gasteiger partial charge in [-0.2, -0.15) is 5.10 Å². The number of nitrogens with one attached hydrogen (secondary N) is 1. The smallest absolute Gasteiger partial charge is 0.326 e.